The summed E-state index contributed by atoms with van der Waals surface area (Å²) in [6.45, 7) is 0.285. The second-order valence-electron chi connectivity index (χ2n) is 4.43. The summed E-state index contributed by atoms with van der Waals surface area (Å²) in [5.74, 6) is -7.12. The molecule has 2 rings (SSSR count). The average Bonchev–Trinajstić information content (AvgIpc) is 2.40. The van der Waals surface area contributed by atoms with Gasteiger partial charge in [-0.1, -0.05) is 0 Å². The van der Waals surface area contributed by atoms with E-state index in [-0.39, 0.29) is 13.1 Å². The quantitative estimate of drug-likeness (QED) is 0.762. The number of aromatic hydroxyl groups is 1. The molecule has 1 aliphatic rings. The van der Waals surface area contributed by atoms with Crippen LogP contribution in [0.3, 0.4) is 0 Å². The number of carbonyl (C=O) groups excluding carboxylic acids is 1. The molecule has 1 amide bonds. The molecule has 1 saturated heterocycles. The third-order valence-electron chi connectivity index (χ3n) is 3.05. The molecule has 1 fully saturated rings. The van der Waals surface area contributed by atoms with Gasteiger partial charge in [-0.2, -0.15) is 4.39 Å². The Hall–Kier alpha value is -1.76. The number of phenolic OH excluding ortho intramolecular Hbond substituents is 1. The molecule has 0 aromatic heterocycles. The van der Waals surface area contributed by atoms with Crippen LogP contribution in [0.5, 0.6) is 5.75 Å². The molecule has 7 heteroatoms. The Morgan fingerprint density at radius 1 is 1.32 bits per heavy atom. The molecular formula is C12H12F3NO3. The molecule has 19 heavy (non-hydrogen) atoms. The number of likely N-dealkylation sites (tertiary alicyclic amines) is 1. The van der Waals surface area contributed by atoms with Gasteiger partial charge in [0.05, 0.1) is 11.7 Å². The molecule has 0 aliphatic carbocycles. The van der Waals surface area contributed by atoms with Gasteiger partial charge in [0.1, 0.15) is 0 Å². The lowest BCUT2D eigenvalue weighted by Crippen LogP contribution is -2.42. The van der Waals surface area contributed by atoms with Gasteiger partial charge in [-0.15, -0.1) is 0 Å². The van der Waals surface area contributed by atoms with Gasteiger partial charge in [0.2, 0.25) is 5.82 Å². The van der Waals surface area contributed by atoms with Gasteiger partial charge in [-0.3, -0.25) is 4.79 Å². The van der Waals surface area contributed by atoms with Gasteiger partial charge in [0.15, 0.2) is 17.4 Å². The highest BCUT2D eigenvalue weighted by Crippen LogP contribution is 2.27. The summed E-state index contributed by atoms with van der Waals surface area (Å²) in [5.41, 5.74) is -0.745. The first-order valence-electron chi connectivity index (χ1n) is 5.75. The number of amides is 1. The number of β-amino-alcohol motifs (C(OH)–C–C–N with tert-alkyl or cyclic N) is 1. The molecule has 1 aromatic rings. The number of halogens is 3. The fourth-order valence-corrected chi connectivity index (χ4v) is 2.06. The predicted octanol–water partition coefficient (Wildman–Crippen LogP) is 1.41. The van der Waals surface area contributed by atoms with Crippen LogP contribution in [0.1, 0.15) is 23.2 Å². The van der Waals surface area contributed by atoms with Crippen molar-refractivity contribution >= 4 is 5.91 Å². The van der Waals surface area contributed by atoms with Gasteiger partial charge in [-0.25, -0.2) is 8.78 Å². The standard InChI is InChI=1S/C12H12F3NO3/c13-8-4-7(9(14)11(18)10(8)15)12(19)16-3-1-2-6(17)5-16/h4,6,17-18H,1-3,5H2. The van der Waals surface area contributed by atoms with Crippen LogP contribution in [-0.4, -0.2) is 40.2 Å². The van der Waals surface area contributed by atoms with Crippen LogP contribution < -0.4 is 0 Å². The molecule has 1 aliphatic heterocycles. The lowest BCUT2D eigenvalue weighted by atomic mass is 10.1. The second kappa shape index (κ2) is 5.08. The lowest BCUT2D eigenvalue weighted by Gasteiger charge is -2.30. The SMILES string of the molecule is O=C(c1cc(F)c(F)c(O)c1F)N1CCCC(O)C1. The van der Waals surface area contributed by atoms with Gasteiger partial charge >= 0.3 is 0 Å². The van der Waals surface area contributed by atoms with Crippen LogP contribution in [0.4, 0.5) is 13.2 Å². The van der Waals surface area contributed by atoms with Gasteiger partial charge < -0.3 is 15.1 Å². The summed E-state index contributed by atoms with van der Waals surface area (Å²) in [5, 5.41) is 18.5. The maximum absolute atomic E-state index is 13.6. The zero-order valence-corrected chi connectivity index (χ0v) is 9.87. The minimum atomic E-state index is -1.73. The van der Waals surface area contributed by atoms with Crippen molar-refractivity contribution in [3.05, 3.63) is 29.1 Å². The number of piperidine rings is 1. The van der Waals surface area contributed by atoms with Crippen LogP contribution in [0.2, 0.25) is 0 Å². The number of carbonyl (C=O) groups is 1. The number of hydrogen-bond acceptors (Lipinski definition) is 3. The fourth-order valence-electron chi connectivity index (χ4n) is 2.06. The second-order valence-corrected chi connectivity index (χ2v) is 4.43. The van der Waals surface area contributed by atoms with E-state index >= 15 is 0 Å². The van der Waals surface area contributed by atoms with Crippen LogP contribution in [0, 0.1) is 17.5 Å². The van der Waals surface area contributed by atoms with Crippen molar-refractivity contribution < 1.29 is 28.2 Å². The summed E-state index contributed by atoms with van der Waals surface area (Å²) in [7, 11) is 0. The maximum atomic E-state index is 13.6. The van der Waals surface area contributed by atoms with Crippen molar-refractivity contribution in [2.24, 2.45) is 0 Å². The first-order chi connectivity index (χ1) is 8.91. The number of rotatable bonds is 1. The van der Waals surface area contributed by atoms with E-state index in [0.717, 1.165) is 4.90 Å². The summed E-state index contributed by atoms with van der Waals surface area (Å²) >= 11 is 0. The van der Waals surface area contributed by atoms with E-state index < -0.39 is 40.8 Å². The van der Waals surface area contributed by atoms with Crippen molar-refractivity contribution in [2.75, 3.05) is 13.1 Å². The zero-order chi connectivity index (χ0) is 14.2. The van der Waals surface area contributed by atoms with Crippen molar-refractivity contribution in [1.29, 1.82) is 0 Å². The van der Waals surface area contributed by atoms with E-state index in [0.29, 0.717) is 18.9 Å². The van der Waals surface area contributed by atoms with Crippen LogP contribution in [-0.2, 0) is 0 Å². The van der Waals surface area contributed by atoms with Gasteiger partial charge in [0, 0.05) is 13.1 Å². The maximum Gasteiger partial charge on any atom is 0.257 e. The molecule has 1 heterocycles. The molecule has 1 unspecified atom stereocenters. The minimum absolute atomic E-state index is 0.00195. The number of aliphatic hydroxyl groups excluding tert-OH is 1. The fraction of sp³-hybridized carbons (Fsp3) is 0.417. The first kappa shape index (κ1) is 13.7. The van der Waals surface area contributed by atoms with E-state index in [1.165, 1.54) is 0 Å². The number of nitrogens with zero attached hydrogens (tertiary/aromatic N) is 1. The predicted molar refractivity (Wildman–Crippen MR) is 59.1 cm³/mol. The average molecular weight is 275 g/mol. The van der Waals surface area contributed by atoms with Crippen LogP contribution >= 0.6 is 0 Å². The Balaban J connectivity index is 2.34. The molecule has 1 atom stereocenters. The number of aliphatic hydroxyl groups is 1. The summed E-state index contributed by atoms with van der Waals surface area (Å²) in [6, 6.07) is 0.410. The Labute approximate surface area is 107 Å². The Morgan fingerprint density at radius 2 is 2.00 bits per heavy atom. The molecule has 0 bridgehead atoms. The molecular weight excluding hydrogens is 263 g/mol. The normalized spacial score (nSPS) is 19.6. The third kappa shape index (κ3) is 2.51. The highest BCUT2D eigenvalue weighted by molar-refractivity contribution is 5.95. The molecule has 0 spiro atoms. The summed E-state index contributed by atoms with van der Waals surface area (Å²) < 4.78 is 39.6. The Bertz CT molecular complexity index is 521. The van der Waals surface area contributed by atoms with E-state index in [1.807, 2.05) is 0 Å². The molecule has 0 saturated carbocycles. The van der Waals surface area contributed by atoms with Crippen molar-refractivity contribution in [2.45, 2.75) is 18.9 Å². The van der Waals surface area contributed by atoms with Crippen molar-refractivity contribution in [3.8, 4) is 5.75 Å². The van der Waals surface area contributed by atoms with Crippen molar-refractivity contribution in [3.63, 3.8) is 0 Å². The topological polar surface area (TPSA) is 60.8 Å². The monoisotopic (exact) mass is 275 g/mol. The van der Waals surface area contributed by atoms with Gasteiger partial charge in [-0.05, 0) is 18.9 Å². The number of benzene rings is 1. The molecule has 2 N–H and O–H groups in total. The lowest BCUT2D eigenvalue weighted by molar-refractivity contribution is 0.0468. The summed E-state index contributed by atoms with van der Waals surface area (Å²) in [6.07, 6.45) is 0.332. The van der Waals surface area contributed by atoms with Crippen LogP contribution in [0.25, 0.3) is 0 Å². The molecule has 104 valence electrons. The highest BCUT2D eigenvalue weighted by Gasteiger charge is 2.28. The largest absolute Gasteiger partial charge is 0.503 e. The van der Waals surface area contributed by atoms with E-state index in [9.17, 15) is 23.1 Å². The van der Waals surface area contributed by atoms with Crippen molar-refractivity contribution in [1.82, 2.24) is 4.90 Å². The number of phenols is 1. The van der Waals surface area contributed by atoms with Crippen LogP contribution in [0.15, 0.2) is 6.07 Å². The van der Waals surface area contributed by atoms with Gasteiger partial charge in [0.25, 0.3) is 5.91 Å². The third-order valence-corrected chi connectivity index (χ3v) is 3.05. The van der Waals surface area contributed by atoms with E-state index in [1.54, 1.807) is 0 Å². The Morgan fingerprint density at radius 3 is 2.63 bits per heavy atom. The first-order valence-corrected chi connectivity index (χ1v) is 5.75. The zero-order valence-electron chi connectivity index (χ0n) is 9.87. The molecule has 0 radical (unpaired) electrons. The molecule has 1 aromatic carbocycles. The number of hydrogen-bond donors (Lipinski definition) is 2. The Kier molecular flexibility index (Phi) is 3.66. The minimum Gasteiger partial charge on any atom is -0.503 e. The molecule has 4 nitrogen and oxygen atoms in total. The van der Waals surface area contributed by atoms with E-state index in [2.05, 4.69) is 0 Å². The van der Waals surface area contributed by atoms with E-state index in [4.69, 9.17) is 5.11 Å². The smallest absolute Gasteiger partial charge is 0.257 e. The highest BCUT2D eigenvalue weighted by atomic mass is 19.2. The summed E-state index contributed by atoms with van der Waals surface area (Å²) in [4.78, 5) is 13.1.